The fraction of sp³-hybridized carbons (Fsp3) is 0.875. The lowest BCUT2D eigenvalue weighted by Crippen LogP contribution is -2.20. The number of carbonyl (C=O) groups excluding carboxylic acids is 1. The van der Waals surface area contributed by atoms with Crippen molar-refractivity contribution in [1.29, 1.82) is 0 Å². The van der Waals surface area contributed by atoms with Crippen molar-refractivity contribution in [3.63, 3.8) is 0 Å². The van der Waals surface area contributed by atoms with Crippen LogP contribution in [0, 0.1) is 11.8 Å². The van der Waals surface area contributed by atoms with E-state index in [1.807, 2.05) is 13.8 Å². The van der Waals surface area contributed by atoms with Gasteiger partial charge >= 0.3 is 7.60 Å². The fourth-order valence-corrected chi connectivity index (χ4v) is 2.20. The van der Waals surface area contributed by atoms with Crippen LogP contribution in [0.4, 0.5) is 0 Å². The monoisotopic (exact) mass is 208 g/mol. The summed E-state index contributed by atoms with van der Waals surface area (Å²) in [4.78, 5) is 28.5. The Bertz CT molecular complexity index is 216. The highest BCUT2D eigenvalue weighted by Crippen LogP contribution is 2.41. The maximum Gasteiger partial charge on any atom is 0.391 e. The molecule has 0 heterocycles. The van der Waals surface area contributed by atoms with Gasteiger partial charge in [0.15, 0.2) is 0 Å². The Hall–Kier alpha value is -0.180. The van der Waals surface area contributed by atoms with Crippen molar-refractivity contribution in [3.05, 3.63) is 0 Å². The van der Waals surface area contributed by atoms with E-state index in [1.165, 1.54) is 0 Å². The highest BCUT2D eigenvalue weighted by molar-refractivity contribution is 7.70. The van der Waals surface area contributed by atoms with E-state index >= 15 is 0 Å². The molecule has 0 bridgehead atoms. The smallest absolute Gasteiger partial charge is 0.319 e. The van der Waals surface area contributed by atoms with E-state index in [4.69, 9.17) is 9.79 Å². The van der Waals surface area contributed by atoms with Gasteiger partial charge in [-0.25, -0.2) is 0 Å². The van der Waals surface area contributed by atoms with Crippen LogP contribution in [0.2, 0.25) is 0 Å². The highest BCUT2D eigenvalue weighted by Gasteiger charge is 2.34. The summed E-state index contributed by atoms with van der Waals surface area (Å²) < 4.78 is 10.7. The van der Waals surface area contributed by atoms with Crippen LogP contribution in [0.3, 0.4) is 0 Å². The second-order valence-electron chi connectivity index (χ2n) is 3.25. The molecular formula is C8H17O4P. The summed E-state index contributed by atoms with van der Waals surface area (Å²) in [5.74, 6) is -0.476. The average molecular weight is 208 g/mol. The number of hydrogen-bond acceptors (Lipinski definition) is 2. The molecule has 0 aliphatic heterocycles. The van der Waals surface area contributed by atoms with E-state index in [0.717, 1.165) is 12.8 Å². The molecule has 0 saturated carbocycles. The van der Waals surface area contributed by atoms with E-state index in [2.05, 4.69) is 0 Å². The van der Waals surface area contributed by atoms with Crippen LogP contribution in [-0.2, 0) is 9.36 Å². The molecule has 0 spiro atoms. The van der Waals surface area contributed by atoms with Gasteiger partial charge in [-0.3, -0.25) is 9.36 Å². The van der Waals surface area contributed by atoms with Gasteiger partial charge in [-0.2, -0.15) is 0 Å². The van der Waals surface area contributed by atoms with Gasteiger partial charge in [0.05, 0.1) is 0 Å². The molecule has 4 nitrogen and oxygen atoms in total. The van der Waals surface area contributed by atoms with Crippen molar-refractivity contribution >= 4 is 13.1 Å². The molecule has 0 amide bonds. The van der Waals surface area contributed by atoms with Gasteiger partial charge in [0, 0.05) is 5.92 Å². The van der Waals surface area contributed by atoms with E-state index in [0.29, 0.717) is 0 Å². The molecule has 5 heteroatoms. The van der Waals surface area contributed by atoms with Gasteiger partial charge in [0.2, 0.25) is 5.52 Å². The maximum absolute atomic E-state index is 11.2. The number of rotatable bonds is 5. The Morgan fingerprint density at radius 1 is 1.31 bits per heavy atom. The molecule has 0 radical (unpaired) electrons. The van der Waals surface area contributed by atoms with Crippen molar-refractivity contribution in [3.8, 4) is 0 Å². The first-order chi connectivity index (χ1) is 5.84. The third-order valence-electron chi connectivity index (χ3n) is 2.43. The molecule has 1 atom stereocenters. The number of carbonyl (C=O) groups is 1. The zero-order valence-corrected chi connectivity index (χ0v) is 9.12. The molecule has 0 aromatic rings. The second-order valence-corrected chi connectivity index (χ2v) is 4.78. The lowest BCUT2D eigenvalue weighted by atomic mass is 9.90. The summed E-state index contributed by atoms with van der Waals surface area (Å²) in [6.45, 7) is 5.41. The average Bonchev–Trinajstić information content (AvgIpc) is 2.03. The summed E-state index contributed by atoms with van der Waals surface area (Å²) in [5, 5.41) is 0. The third-order valence-corrected chi connectivity index (χ3v) is 3.41. The molecule has 1 unspecified atom stereocenters. The van der Waals surface area contributed by atoms with Crippen molar-refractivity contribution in [2.75, 3.05) is 0 Å². The van der Waals surface area contributed by atoms with Crippen LogP contribution in [0.1, 0.15) is 33.6 Å². The zero-order chi connectivity index (χ0) is 10.6. The van der Waals surface area contributed by atoms with E-state index in [9.17, 15) is 9.36 Å². The van der Waals surface area contributed by atoms with Gasteiger partial charge in [0.1, 0.15) is 0 Å². The molecule has 13 heavy (non-hydrogen) atoms. The molecule has 0 aromatic carbocycles. The minimum absolute atomic E-state index is 0.0696. The van der Waals surface area contributed by atoms with Crippen LogP contribution in [0.5, 0.6) is 0 Å². The Morgan fingerprint density at radius 3 is 1.92 bits per heavy atom. The molecule has 2 N–H and O–H groups in total. The SMILES string of the molecule is CCC(CC)C(C)C(=O)P(=O)(O)O. The van der Waals surface area contributed by atoms with Crippen LogP contribution in [0.15, 0.2) is 0 Å². The van der Waals surface area contributed by atoms with E-state index in [-0.39, 0.29) is 5.92 Å². The third kappa shape index (κ3) is 3.59. The predicted molar refractivity (Wildman–Crippen MR) is 50.3 cm³/mol. The topological polar surface area (TPSA) is 74.6 Å². The molecule has 0 aliphatic carbocycles. The summed E-state index contributed by atoms with van der Waals surface area (Å²) >= 11 is 0. The Kier molecular flexibility index (Phi) is 4.82. The first kappa shape index (κ1) is 12.8. The molecule has 0 aromatic heterocycles. The zero-order valence-electron chi connectivity index (χ0n) is 8.23. The molecule has 78 valence electrons. The largest absolute Gasteiger partial charge is 0.391 e. The minimum atomic E-state index is -4.53. The van der Waals surface area contributed by atoms with Crippen molar-refractivity contribution in [2.24, 2.45) is 11.8 Å². The van der Waals surface area contributed by atoms with E-state index < -0.39 is 19.0 Å². The van der Waals surface area contributed by atoms with Crippen LogP contribution >= 0.6 is 7.60 Å². The minimum Gasteiger partial charge on any atom is -0.319 e. The van der Waals surface area contributed by atoms with Crippen molar-refractivity contribution in [2.45, 2.75) is 33.6 Å². The maximum atomic E-state index is 11.2. The lowest BCUT2D eigenvalue weighted by Gasteiger charge is -2.19. The van der Waals surface area contributed by atoms with Gasteiger partial charge in [0.25, 0.3) is 0 Å². The van der Waals surface area contributed by atoms with Crippen molar-refractivity contribution < 1.29 is 19.1 Å². The summed E-state index contributed by atoms with van der Waals surface area (Å²) in [6.07, 6.45) is 1.53. The quantitative estimate of drug-likeness (QED) is 0.675. The second kappa shape index (κ2) is 4.89. The Labute approximate surface area is 78.5 Å². The standard InChI is InChI=1S/C8H17O4P/c1-4-7(5-2)6(3)8(9)13(10,11)12/h6-7H,4-5H2,1-3H3,(H2,10,11,12). The van der Waals surface area contributed by atoms with Crippen LogP contribution in [-0.4, -0.2) is 15.3 Å². The summed E-state index contributed by atoms with van der Waals surface area (Å²) in [6, 6.07) is 0. The van der Waals surface area contributed by atoms with Gasteiger partial charge in [-0.15, -0.1) is 0 Å². The van der Waals surface area contributed by atoms with Gasteiger partial charge in [-0.05, 0) is 5.92 Å². The molecule has 0 fully saturated rings. The van der Waals surface area contributed by atoms with Crippen molar-refractivity contribution in [1.82, 2.24) is 0 Å². The van der Waals surface area contributed by atoms with Gasteiger partial charge in [-0.1, -0.05) is 33.6 Å². The van der Waals surface area contributed by atoms with Crippen LogP contribution in [0.25, 0.3) is 0 Å². The summed E-state index contributed by atoms with van der Waals surface area (Å²) in [5.41, 5.74) is -0.929. The first-order valence-electron chi connectivity index (χ1n) is 4.44. The Morgan fingerprint density at radius 2 is 1.69 bits per heavy atom. The first-order valence-corrected chi connectivity index (χ1v) is 6.05. The molecule has 0 aliphatic rings. The molecular weight excluding hydrogens is 191 g/mol. The highest BCUT2D eigenvalue weighted by atomic mass is 31.2. The summed E-state index contributed by atoms with van der Waals surface area (Å²) in [7, 11) is -4.53. The molecule has 0 saturated heterocycles. The predicted octanol–water partition coefficient (Wildman–Crippen LogP) is 1.76. The normalized spacial score (nSPS) is 14.6. The number of hydrogen-bond donors (Lipinski definition) is 2. The lowest BCUT2D eigenvalue weighted by molar-refractivity contribution is -0.118. The molecule has 0 rings (SSSR count). The fourth-order valence-electron chi connectivity index (χ4n) is 1.46. The van der Waals surface area contributed by atoms with Gasteiger partial charge < -0.3 is 9.79 Å². The Balaban J connectivity index is 4.50. The van der Waals surface area contributed by atoms with E-state index in [1.54, 1.807) is 6.92 Å². The van der Waals surface area contributed by atoms with Crippen LogP contribution < -0.4 is 0 Å².